The molecule has 0 saturated carbocycles. The molecule has 1 atom stereocenters. The highest BCUT2D eigenvalue weighted by molar-refractivity contribution is 7.90. The van der Waals surface area contributed by atoms with Crippen LogP contribution in [0.2, 0.25) is 5.02 Å². The van der Waals surface area contributed by atoms with Gasteiger partial charge in [-0.1, -0.05) is 42.5 Å². The number of alkyl halides is 3. The van der Waals surface area contributed by atoms with Gasteiger partial charge in [-0.15, -0.1) is 0 Å². The number of hydrogen-bond acceptors (Lipinski definition) is 7. The summed E-state index contributed by atoms with van der Waals surface area (Å²) < 4.78 is 93.1. The average Bonchev–Trinajstić information content (AvgIpc) is 3.07. The Morgan fingerprint density at radius 3 is 2.56 bits per heavy atom. The normalized spacial score (nSPS) is 21.2. The van der Waals surface area contributed by atoms with Crippen molar-refractivity contribution >= 4 is 48.6 Å². The van der Waals surface area contributed by atoms with Crippen LogP contribution in [0.15, 0.2) is 48.8 Å². The number of sulfonamides is 1. The van der Waals surface area contributed by atoms with Gasteiger partial charge in [0.15, 0.2) is 21.2 Å². The second kappa shape index (κ2) is 12.3. The number of piperidine rings is 1. The number of halogens is 4. The third kappa shape index (κ3) is 8.02. The van der Waals surface area contributed by atoms with Gasteiger partial charge in [-0.25, -0.2) is 21.6 Å². The predicted molar refractivity (Wildman–Crippen MR) is 151 cm³/mol. The van der Waals surface area contributed by atoms with Crippen LogP contribution >= 0.6 is 11.6 Å². The fourth-order valence-corrected chi connectivity index (χ4v) is 7.11. The highest BCUT2D eigenvalue weighted by Gasteiger charge is 2.53. The largest absolute Gasteiger partial charge is 0.507 e. The standard InChI is InChI=1S/C27H31ClF3NO7S2/c1-4-5-8-19(9-14-40(3,35)36)21-15-18(2)20(16-22(21)28)23-24(33)26(39-25(23)34)10-6-12-32(17-26)41(37,38)13-7-11-27(29,30)31/h4-5,8-9,15-16,33H,1,6-7,10-14,17H2,2-3H3/b8-5-,19-9+. The second-order valence-electron chi connectivity index (χ2n) is 10.1. The minimum Gasteiger partial charge on any atom is -0.507 e. The Kier molecular flexibility index (Phi) is 9.89. The molecule has 1 spiro atoms. The summed E-state index contributed by atoms with van der Waals surface area (Å²) in [6, 6.07) is 3.05. The summed E-state index contributed by atoms with van der Waals surface area (Å²) in [5, 5.41) is 11.4. The number of ether oxygens (including phenoxy) is 1. The van der Waals surface area contributed by atoms with E-state index in [1.165, 1.54) is 18.2 Å². The summed E-state index contributed by atoms with van der Waals surface area (Å²) in [5.74, 6) is -2.37. The maximum atomic E-state index is 13.1. The predicted octanol–water partition coefficient (Wildman–Crippen LogP) is 5.15. The Bertz CT molecular complexity index is 1530. The van der Waals surface area contributed by atoms with Crippen molar-refractivity contribution in [1.29, 1.82) is 0 Å². The third-order valence-electron chi connectivity index (χ3n) is 6.75. The van der Waals surface area contributed by atoms with Gasteiger partial charge in [0, 0.05) is 29.8 Å². The van der Waals surface area contributed by atoms with Gasteiger partial charge < -0.3 is 9.84 Å². The summed E-state index contributed by atoms with van der Waals surface area (Å²) in [7, 11) is -7.45. The Labute approximate surface area is 242 Å². The van der Waals surface area contributed by atoms with Crippen LogP contribution in [-0.4, -0.2) is 74.8 Å². The molecule has 8 nitrogen and oxygen atoms in total. The van der Waals surface area contributed by atoms with E-state index in [1.54, 1.807) is 25.1 Å². The molecule has 1 fully saturated rings. The number of carbonyl (C=O) groups excluding carboxylic acids is 1. The summed E-state index contributed by atoms with van der Waals surface area (Å²) in [6.07, 6.45) is 1.26. The lowest BCUT2D eigenvalue weighted by molar-refractivity contribution is -0.150. The Hall–Kier alpha value is -2.61. The van der Waals surface area contributed by atoms with E-state index in [2.05, 4.69) is 6.58 Å². The molecule has 2 aliphatic rings. The lowest BCUT2D eigenvalue weighted by atomic mass is 9.88. The number of aliphatic hydroxyl groups is 1. The first kappa shape index (κ1) is 32.9. The number of aliphatic hydroxyl groups excluding tert-OH is 1. The number of allylic oxidation sites excluding steroid dienone is 4. The number of nitrogens with zero attached hydrogens (tertiary/aromatic N) is 1. The van der Waals surface area contributed by atoms with Crippen molar-refractivity contribution in [3.8, 4) is 0 Å². The fraction of sp³-hybridized carbons (Fsp3) is 0.444. The summed E-state index contributed by atoms with van der Waals surface area (Å²) in [5.41, 5.74) is -0.215. The van der Waals surface area contributed by atoms with Crippen molar-refractivity contribution in [2.45, 2.75) is 44.4 Å². The number of esters is 1. The zero-order valence-corrected chi connectivity index (χ0v) is 24.9. The Morgan fingerprint density at radius 1 is 1.27 bits per heavy atom. The highest BCUT2D eigenvalue weighted by Crippen LogP contribution is 2.44. The number of benzene rings is 1. The number of hydrogen-bond donors (Lipinski definition) is 1. The third-order valence-corrected chi connectivity index (χ3v) is 9.74. The van der Waals surface area contributed by atoms with Crippen molar-refractivity contribution in [2.24, 2.45) is 0 Å². The molecule has 1 unspecified atom stereocenters. The van der Waals surface area contributed by atoms with Crippen LogP contribution in [0.5, 0.6) is 0 Å². The van der Waals surface area contributed by atoms with Crippen LogP contribution in [0, 0.1) is 6.92 Å². The van der Waals surface area contributed by atoms with E-state index in [0.717, 1.165) is 10.6 Å². The smallest absolute Gasteiger partial charge is 0.389 e. The summed E-state index contributed by atoms with van der Waals surface area (Å²) in [6.45, 7) is 4.84. The number of carbonyl (C=O) groups is 1. The van der Waals surface area contributed by atoms with Crippen LogP contribution in [0.4, 0.5) is 13.2 Å². The van der Waals surface area contributed by atoms with Crippen molar-refractivity contribution in [3.63, 3.8) is 0 Å². The van der Waals surface area contributed by atoms with Gasteiger partial charge in [0.05, 0.1) is 18.1 Å². The molecule has 3 rings (SSSR count). The van der Waals surface area contributed by atoms with Crippen LogP contribution in [0.3, 0.4) is 0 Å². The molecule has 41 heavy (non-hydrogen) atoms. The molecule has 14 heteroatoms. The molecule has 2 aliphatic heterocycles. The van der Waals surface area contributed by atoms with Gasteiger partial charge in [-0.05, 0) is 55.0 Å². The Morgan fingerprint density at radius 2 is 1.95 bits per heavy atom. The molecule has 0 bridgehead atoms. The molecule has 0 radical (unpaired) electrons. The lowest BCUT2D eigenvalue weighted by Crippen LogP contribution is -2.52. The first-order chi connectivity index (χ1) is 18.9. The van der Waals surface area contributed by atoms with Crippen LogP contribution in [0.1, 0.15) is 42.4 Å². The van der Waals surface area contributed by atoms with Crippen molar-refractivity contribution in [1.82, 2.24) is 4.31 Å². The first-order valence-corrected chi connectivity index (χ1v) is 16.6. The van der Waals surface area contributed by atoms with E-state index < -0.39 is 68.5 Å². The van der Waals surface area contributed by atoms with Gasteiger partial charge >= 0.3 is 12.1 Å². The Balaban J connectivity index is 1.97. The maximum Gasteiger partial charge on any atom is 0.389 e. The van der Waals surface area contributed by atoms with E-state index in [1.807, 2.05) is 0 Å². The molecular formula is C27H31ClF3NO7S2. The zero-order chi connectivity index (χ0) is 30.8. The fourth-order valence-electron chi connectivity index (χ4n) is 4.77. The summed E-state index contributed by atoms with van der Waals surface area (Å²) in [4.78, 5) is 13.1. The summed E-state index contributed by atoms with van der Waals surface area (Å²) >= 11 is 6.57. The molecule has 226 valence electrons. The molecule has 2 heterocycles. The molecule has 0 aromatic heterocycles. The molecular weight excluding hydrogens is 607 g/mol. The molecule has 1 saturated heterocycles. The van der Waals surface area contributed by atoms with E-state index in [9.17, 15) is 39.9 Å². The lowest BCUT2D eigenvalue weighted by Gasteiger charge is -2.38. The average molecular weight is 638 g/mol. The van der Waals surface area contributed by atoms with E-state index >= 15 is 0 Å². The van der Waals surface area contributed by atoms with Gasteiger partial charge in [0.1, 0.15) is 5.57 Å². The van der Waals surface area contributed by atoms with E-state index in [4.69, 9.17) is 16.3 Å². The second-order valence-corrected chi connectivity index (χ2v) is 14.8. The van der Waals surface area contributed by atoms with Crippen LogP contribution < -0.4 is 0 Å². The van der Waals surface area contributed by atoms with Crippen molar-refractivity contribution in [3.05, 3.63) is 70.5 Å². The van der Waals surface area contributed by atoms with Crippen LogP contribution in [0.25, 0.3) is 11.1 Å². The minimum atomic E-state index is -4.49. The van der Waals surface area contributed by atoms with Crippen molar-refractivity contribution in [2.75, 3.05) is 30.9 Å². The van der Waals surface area contributed by atoms with Gasteiger partial charge in [-0.3, -0.25) is 0 Å². The quantitative estimate of drug-likeness (QED) is 0.278. The van der Waals surface area contributed by atoms with Gasteiger partial charge in [-0.2, -0.15) is 17.5 Å². The maximum absolute atomic E-state index is 13.1. The van der Waals surface area contributed by atoms with E-state index in [0.29, 0.717) is 16.7 Å². The van der Waals surface area contributed by atoms with Gasteiger partial charge in [0.2, 0.25) is 10.0 Å². The molecule has 1 aromatic carbocycles. The van der Waals surface area contributed by atoms with Crippen molar-refractivity contribution < 1.29 is 44.6 Å². The SMILES string of the molecule is C=C/C=C\C(=C/CS(C)(=O)=O)c1cc(C)c(C2=C(O)C3(CCCN(S(=O)(=O)CCCC(F)(F)F)C3)OC2=O)cc1Cl. The number of aryl methyl sites for hydroxylation is 1. The monoisotopic (exact) mass is 637 g/mol. The highest BCUT2D eigenvalue weighted by atomic mass is 35.5. The topological polar surface area (TPSA) is 118 Å². The molecule has 0 aliphatic carbocycles. The first-order valence-electron chi connectivity index (χ1n) is 12.6. The molecule has 1 N–H and O–H groups in total. The molecule has 1 aromatic rings. The molecule has 0 amide bonds. The number of rotatable bonds is 10. The van der Waals surface area contributed by atoms with Crippen LogP contribution in [-0.2, 0) is 29.4 Å². The van der Waals surface area contributed by atoms with Gasteiger partial charge in [0.25, 0.3) is 0 Å². The van der Waals surface area contributed by atoms with E-state index in [-0.39, 0.29) is 41.3 Å². The number of sulfone groups is 1. The zero-order valence-electron chi connectivity index (χ0n) is 22.5. The minimum absolute atomic E-state index is 0.0106.